The van der Waals surface area contributed by atoms with Crippen LogP contribution in [-0.4, -0.2) is 6.18 Å². The second-order valence-corrected chi connectivity index (χ2v) is 8.71. The molecular weight excluding hydrogens is 383 g/mol. The summed E-state index contributed by atoms with van der Waals surface area (Å²) in [6.45, 7) is 4.61. The molecule has 1 aromatic heterocycles. The number of nitrogens with zero attached hydrogens (tertiary/aromatic N) is 1. The molecule has 4 heteroatoms. The molecule has 0 spiro atoms. The Hall–Kier alpha value is -2.88. The summed E-state index contributed by atoms with van der Waals surface area (Å²) < 4.78 is 42.0. The lowest BCUT2D eigenvalue weighted by Gasteiger charge is -2.27. The van der Waals surface area contributed by atoms with E-state index in [0.717, 1.165) is 16.6 Å². The van der Waals surface area contributed by atoms with Crippen molar-refractivity contribution < 1.29 is 17.7 Å². The third-order valence-electron chi connectivity index (χ3n) is 6.04. The van der Waals surface area contributed by atoms with Gasteiger partial charge in [0.25, 0.3) is 0 Å². The summed E-state index contributed by atoms with van der Waals surface area (Å²) in [7, 11) is 2.01. The Morgan fingerprint density at radius 2 is 1.53 bits per heavy atom. The van der Waals surface area contributed by atoms with Crippen molar-refractivity contribution in [2.75, 3.05) is 0 Å². The topological polar surface area (TPSA) is 3.88 Å². The van der Waals surface area contributed by atoms with Crippen molar-refractivity contribution in [3.63, 3.8) is 0 Å². The minimum atomic E-state index is -4.23. The summed E-state index contributed by atoms with van der Waals surface area (Å²) in [6, 6.07) is 22.3. The fourth-order valence-electron chi connectivity index (χ4n) is 4.15. The number of hydrogen-bond donors (Lipinski definition) is 0. The first-order valence-corrected chi connectivity index (χ1v) is 10.1. The Morgan fingerprint density at radius 1 is 0.833 bits per heavy atom. The number of aromatic nitrogens is 1. The molecule has 4 aromatic rings. The van der Waals surface area contributed by atoms with Gasteiger partial charge in [-0.05, 0) is 47.4 Å². The maximum atomic E-state index is 13.3. The smallest absolute Gasteiger partial charge is 0.194 e. The molecule has 0 radical (unpaired) electrons. The number of halogens is 3. The van der Waals surface area contributed by atoms with Crippen LogP contribution in [0.3, 0.4) is 0 Å². The number of benzene rings is 3. The maximum absolute atomic E-state index is 13.3. The van der Waals surface area contributed by atoms with Crippen molar-refractivity contribution in [3.05, 3.63) is 77.9 Å². The van der Waals surface area contributed by atoms with Gasteiger partial charge in [0, 0.05) is 17.5 Å². The third-order valence-corrected chi connectivity index (χ3v) is 6.04. The van der Waals surface area contributed by atoms with Gasteiger partial charge >= 0.3 is 6.18 Å². The lowest BCUT2D eigenvalue weighted by atomic mass is 9.84. The largest absolute Gasteiger partial charge is 0.394 e. The normalized spacial score (nSPS) is 12.6. The number of fused-ring (bicyclic) bond motifs is 2. The average molecular weight is 408 g/mol. The number of rotatable bonds is 3. The molecule has 154 valence electrons. The summed E-state index contributed by atoms with van der Waals surface area (Å²) in [5, 5.41) is 3.31. The van der Waals surface area contributed by atoms with Crippen LogP contribution in [0.25, 0.3) is 32.9 Å². The minimum Gasteiger partial charge on any atom is -0.194 e. The predicted molar refractivity (Wildman–Crippen MR) is 116 cm³/mol. The van der Waals surface area contributed by atoms with E-state index in [0.29, 0.717) is 5.56 Å². The zero-order chi connectivity index (χ0) is 21.7. The van der Waals surface area contributed by atoms with Crippen molar-refractivity contribution in [1.82, 2.24) is 0 Å². The zero-order valence-electron chi connectivity index (χ0n) is 17.6. The lowest BCUT2D eigenvalue weighted by Crippen LogP contribution is -2.34. The minimum absolute atomic E-state index is 0.0413. The number of alkyl halides is 3. The van der Waals surface area contributed by atoms with E-state index in [-0.39, 0.29) is 6.42 Å². The monoisotopic (exact) mass is 408 g/mol. The molecule has 0 atom stereocenters. The van der Waals surface area contributed by atoms with E-state index in [1.54, 1.807) is 0 Å². The standard InChI is InChI=1S/C26H25F3N/c1-17-9-11-19-7-5-6-8-21(19)24(17)23-14-12-20-15-18(10-13-22(20)30(23)4)16-25(2,3)26(27,28)29/h5-15H,16H2,1-4H3/q+1. The van der Waals surface area contributed by atoms with Gasteiger partial charge in [-0.15, -0.1) is 0 Å². The van der Waals surface area contributed by atoms with E-state index in [1.807, 2.05) is 43.4 Å². The summed E-state index contributed by atoms with van der Waals surface area (Å²) in [4.78, 5) is 0. The van der Waals surface area contributed by atoms with E-state index in [1.165, 1.54) is 35.7 Å². The van der Waals surface area contributed by atoms with Gasteiger partial charge in [0.15, 0.2) is 0 Å². The molecule has 4 rings (SSSR count). The molecule has 1 heterocycles. The van der Waals surface area contributed by atoms with Crippen LogP contribution in [0.4, 0.5) is 13.2 Å². The van der Waals surface area contributed by atoms with Crippen LogP contribution in [0.15, 0.2) is 66.7 Å². The molecule has 3 aromatic carbocycles. The highest BCUT2D eigenvalue weighted by Gasteiger charge is 2.47. The quantitative estimate of drug-likeness (QED) is 0.324. The highest BCUT2D eigenvalue weighted by molar-refractivity contribution is 5.97. The maximum Gasteiger partial charge on any atom is 0.394 e. The molecule has 0 amide bonds. The Labute approximate surface area is 174 Å². The molecule has 0 N–H and O–H groups in total. The summed E-state index contributed by atoms with van der Waals surface area (Å²) in [5.41, 5.74) is 3.38. The van der Waals surface area contributed by atoms with Crippen LogP contribution >= 0.6 is 0 Å². The highest BCUT2D eigenvalue weighted by Crippen LogP contribution is 2.40. The predicted octanol–water partition coefficient (Wildman–Crippen LogP) is 6.92. The fourth-order valence-corrected chi connectivity index (χ4v) is 4.15. The van der Waals surface area contributed by atoms with Gasteiger partial charge in [-0.1, -0.05) is 56.3 Å². The molecule has 0 bridgehead atoms. The molecule has 0 aliphatic carbocycles. The molecule has 0 saturated carbocycles. The molecule has 0 aliphatic heterocycles. The van der Waals surface area contributed by atoms with Crippen LogP contribution in [-0.2, 0) is 13.5 Å². The zero-order valence-corrected chi connectivity index (χ0v) is 17.6. The van der Waals surface area contributed by atoms with Crippen LogP contribution in [0, 0.1) is 12.3 Å². The summed E-state index contributed by atoms with van der Waals surface area (Å²) >= 11 is 0. The van der Waals surface area contributed by atoms with Crippen LogP contribution in [0.5, 0.6) is 0 Å². The Kier molecular flexibility index (Phi) is 4.84. The van der Waals surface area contributed by atoms with Gasteiger partial charge in [0.05, 0.1) is 11.0 Å². The van der Waals surface area contributed by atoms with E-state index >= 15 is 0 Å². The Balaban J connectivity index is 1.83. The van der Waals surface area contributed by atoms with Crippen molar-refractivity contribution in [2.45, 2.75) is 33.4 Å². The van der Waals surface area contributed by atoms with Gasteiger partial charge < -0.3 is 0 Å². The van der Waals surface area contributed by atoms with Gasteiger partial charge in [0.1, 0.15) is 7.05 Å². The third kappa shape index (κ3) is 3.45. The van der Waals surface area contributed by atoms with Gasteiger partial charge in [-0.2, -0.15) is 17.7 Å². The molecule has 0 aliphatic rings. The number of pyridine rings is 1. The highest BCUT2D eigenvalue weighted by atomic mass is 19.4. The van der Waals surface area contributed by atoms with Gasteiger partial charge in [-0.25, -0.2) is 0 Å². The van der Waals surface area contributed by atoms with Crippen molar-refractivity contribution >= 4 is 21.7 Å². The van der Waals surface area contributed by atoms with Gasteiger partial charge in [0.2, 0.25) is 11.2 Å². The molecule has 30 heavy (non-hydrogen) atoms. The van der Waals surface area contributed by atoms with Gasteiger partial charge in [-0.3, -0.25) is 0 Å². The molecule has 0 unspecified atom stereocenters. The number of hydrogen-bond acceptors (Lipinski definition) is 0. The SMILES string of the molecule is Cc1ccc2ccccc2c1-c1ccc2cc(CC(C)(C)C(F)(F)F)ccc2[n+]1C. The lowest BCUT2D eigenvalue weighted by molar-refractivity contribution is -0.633. The Bertz CT molecular complexity index is 1250. The van der Waals surface area contributed by atoms with Crippen LogP contribution in [0.2, 0.25) is 0 Å². The van der Waals surface area contributed by atoms with Crippen molar-refractivity contribution in [3.8, 4) is 11.3 Å². The van der Waals surface area contributed by atoms with Crippen molar-refractivity contribution in [2.24, 2.45) is 12.5 Å². The van der Waals surface area contributed by atoms with Crippen LogP contribution < -0.4 is 4.57 Å². The molecule has 0 fully saturated rings. The fraction of sp³-hybridized carbons (Fsp3) is 0.269. The molecule has 0 saturated heterocycles. The van der Waals surface area contributed by atoms with E-state index in [4.69, 9.17) is 0 Å². The average Bonchev–Trinajstić information content (AvgIpc) is 2.68. The molecule has 1 nitrogen and oxygen atoms in total. The summed E-state index contributed by atoms with van der Waals surface area (Å²) in [6.07, 6.45) is -4.28. The first-order chi connectivity index (χ1) is 14.1. The summed E-state index contributed by atoms with van der Waals surface area (Å²) in [5.74, 6) is 0. The Morgan fingerprint density at radius 3 is 2.27 bits per heavy atom. The first kappa shape index (κ1) is 20.4. The second-order valence-electron chi connectivity index (χ2n) is 8.71. The van der Waals surface area contributed by atoms with Crippen molar-refractivity contribution in [1.29, 1.82) is 0 Å². The van der Waals surface area contributed by atoms with E-state index in [9.17, 15) is 13.2 Å². The first-order valence-electron chi connectivity index (χ1n) is 10.1. The van der Waals surface area contributed by atoms with E-state index < -0.39 is 11.6 Å². The van der Waals surface area contributed by atoms with E-state index in [2.05, 4.69) is 41.8 Å². The number of aryl methyl sites for hydroxylation is 2. The van der Waals surface area contributed by atoms with Crippen LogP contribution in [0.1, 0.15) is 25.0 Å². The second kappa shape index (κ2) is 7.12. The molecular formula is C26H25F3N+.